The van der Waals surface area contributed by atoms with Gasteiger partial charge in [0.25, 0.3) is 0 Å². The second-order valence-electron chi connectivity index (χ2n) is 6.18. The molecule has 5 nitrogen and oxygen atoms in total. The van der Waals surface area contributed by atoms with E-state index >= 15 is 0 Å². The van der Waals surface area contributed by atoms with E-state index in [9.17, 15) is 8.42 Å². The SMILES string of the molecule is NCc1cc(S(=O)(=O)N2CCCCCCC2)cn1C1CC1. The maximum Gasteiger partial charge on any atom is 0.244 e. The van der Waals surface area contributed by atoms with Crippen molar-refractivity contribution in [1.29, 1.82) is 0 Å². The predicted molar refractivity (Wildman–Crippen MR) is 82.4 cm³/mol. The maximum atomic E-state index is 12.8. The lowest BCUT2D eigenvalue weighted by Crippen LogP contribution is -2.33. The van der Waals surface area contributed by atoms with E-state index in [1.54, 1.807) is 16.6 Å². The second kappa shape index (κ2) is 6.10. The Bertz CT molecular complexity index is 582. The number of aromatic nitrogens is 1. The van der Waals surface area contributed by atoms with E-state index in [1.807, 2.05) is 0 Å². The topological polar surface area (TPSA) is 68.3 Å². The van der Waals surface area contributed by atoms with Gasteiger partial charge in [0, 0.05) is 37.6 Å². The average molecular weight is 311 g/mol. The highest BCUT2D eigenvalue weighted by atomic mass is 32.2. The highest BCUT2D eigenvalue weighted by Gasteiger charge is 2.30. The van der Waals surface area contributed by atoms with Crippen LogP contribution in [-0.2, 0) is 16.6 Å². The number of rotatable bonds is 4. The minimum atomic E-state index is -3.36. The van der Waals surface area contributed by atoms with Gasteiger partial charge in [0.1, 0.15) is 4.90 Å². The molecule has 2 fully saturated rings. The van der Waals surface area contributed by atoms with Crippen molar-refractivity contribution < 1.29 is 8.42 Å². The second-order valence-corrected chi connectivity index (χ2v) is 8.12. The summed E-state index contributed by atoms with van der Waals surface area (Å²) in [6.45, 7) is 1.69. The van der Waals surface area contributed by atoms with Crippen molar-refractivity contribution in [2.75, 3.05) is 13.1 Å². The van der Waals surface area contributed by atoms with Crippen LogP contribution in [0.5, 0.6) is 0 Å². The molecule has 1 aromatic rings. The molecule has 1 saturated heterocycles. The summed E-state index contributed by atoms with van der Waals surface area (Å²) >= 11 is 0. The summed E-state index contributed by atoms with van der Waals surface area (Å²) in [6, 6.07) is 2.23. The normalized spacial score (nSPS) is 22.0. The third-order valence-corrected chi connectivity index (χ3v) is 6.37. The van der Waals surface area contributed by atoms with Gasteiger partial charge in [-0.05, 0) is 31.7 Å². The van der Waals surface area contributed by atoms with Crippen molar-refractivity contribution in [3.63, 3.8) is 0 Å². The molecule has 0 bridgehead atoms. The fourth-order valence-electron chi connectivity index (χ4n) is 3.10. The first-order chi connectivity index (χ1) is 10.1. The van der Waals surface area contributed by atoms with E-state index in [-0.39, 0.29) is 0 Å². The zero-order valence-electron chi connectivity index (χ0n) is 12.5. The third-order valence-electron chi connectivity index (χ3n) is 4.51. The smallest absolute Gasteiger partial charge is 0.244 e. The Morgan fingerprint density at radius 1 is 1.10 bits per heavy atom. The van der Waals surface area contributed by atoms with Crippen molar-refractivity contribution in [1.82, 2.24) is 8.87 Å². The maximum absolute atomic E-state index is 12.8. The van der Waals surface area contributed by atoms with Gasteiger partial charge in [-0.3, -0.25) is 0 Å². The highest BCUT2D eigenvalue weighted by Crippen LogP contribution is 2.37. The van der Waals surface area contributed by atoms with Crippen molar-refractivity contribution >= 4 is 10.0 Å². The molecule has 2 heterocycles. The average Bonchev–Trinajstić information content (AvgIpc) is 3.16. The lowest BCUT2D eigenvalue weighted by atomic mass is 10.1. The van der Waals surface area contributed by atoms with Gasteiger partial charge in [-0.2, -0.15) is 4.31 Å². The molecule has 0 radical (unpaired) electrons. The lowest BCUT2D eigenvalue weighted by molar-refractivity contribution is 0.364. The summed E-state index contributed by atoms with van der Waals surface area (Å²) in [6.07, 6.45) is 9.47. The van der Waals surface area contributed by atoms with Gasteiger partial charge in [0.05, 0.1) is 0 Å². The first-order valence-electron chi connectivity index (χ1n) is 8.04. The van der Waals surface area contributed by atoms with Gasteiger partial charge in [0.2, 0.25) is 10.0 Å². The fraction of sp³-hybridized carbons (Fsp3) is 0.733. The van der Waals surface area contributed by atoms with Crippen LogP contribution < -0.4 is 5.73 Å². The van der Waals surface area contributed by atoms with Crippen LogP contribution in [0.2, 0.25) is 0 Å². The Hall–Kier alpha value is -0.850. The molecular weight excluding hydrogens is 286 g/mol. The van der Waals surface area contributed by atoms with E-state index in [0.29, 0.717) is 30.6 Å². The van der Waals surface area contributed by atoms with Gasteiger partial charge >= 0.3 is 0 Å². The van der Waals surface area contributed by atoms with Crippen LogP contribution in [0.15, 0.2) is 17.2 Å². The van der Waals surface area contributed by atoms with Crippen LogP contribution in [0.4, 0.5) is 0 Å². The monoisotopic (exact) mass is 311 g/mol. The zero-order valence-corrected chi connectivity index (χ0v) is 13.3. The summed E-state index contributed by atoms with van der Waals surface area (Å²) < 4.78 is 29.4. The van der Waals surface area contributed by atoms with Crippen LogP contribution >= 0.6 is 0 Å². The molecule has 1 saturated carbocycles. The van der Waals surface area contributed by atoms with E-state index in [0.717, 1.165) is 44.2 Å². The standard InChI is InChI=1S/C15H25N3O2S/c16-11-14-10-15(12-18(14)13-6-7-13)21(19,20)17-8-4-2-1-3-5-9-17/h10,12-13H,1-9,11,16H2. The Morgan fingerprint density at radius 3 is 2.29 bits per heavy atom. The molecule has 0 unspecified atom stereocenters. The predicted octanol–water partition coefficient (Wildman–Crippen LogP) is 2.24. The molecule has 1 aliphatic carbocycles. The minimum absolute atomic E-state index is 0.395. The van der Waals surface area contributed by atoms with Crippen LogP contribution in [0.1, 0.15) is 56.7 Å². The third kappa shape index (κ3) is 3.17. The summed E-state index contributed by atoms with van der Waals surface area (Å²) in [5, 5.41) is 0. The number of hydrogen-bond donors (Lipinski definition) is 1. The van der Waals surface area contributed by atoms with Gasteiger partial charge in [-0.15, -0.1) is 0 Å². The Morgan fingerprint density at radius 2 is 1.71 bits per heavy atom. The number of nitrogens with zero attached hydrogens (tertiary/aromatic N) is 2. The molecular formula is C15H25N3O2S. The molecule has 2 aliphatic rings. The van der Waals surface area contributed by atoms with Crippen LogP contribution in [0.3, 0.4) is 0 Å². The Kier molecular flexibility index (Phi) is 4.38. The molecule has 0 aromatic carbocycles. The quantitative estimate of drug-likeness (QED) is 0.927. The summed E-state index contributed by atoms with van der Waals surface area (Å²) in [4.78, 5) is 0.426. The molecule has 1 aliphatic heterocycles. The number of nitrogens with two attached hydrogens (primary N) is 1. The molecule has 0 amide bonds. The number of sulfonamides is 1. The van der Waals surface area contributed by atoms with E-state index in [1.165, 1.54) is 6.42 Å². The van der Waals surface area contributed by atoms with Crippen molar-refractivity contribution in [3.05, 3.63) is 18.0 Å². The molecule has 2 N–H and O–H groups in total. The zero-order chi connectivity index (χ0) is 14.9. The Labute approximate surface area is 127 Å². The van der Waals surface area contributed by atoms with Gasteiger partial charge in [-0.25, -0.2) is 8.42 Å². The van der Waals surface area contributed by atoms with Crippen molar-refractivity contribution in [3.8, 4) is 0 Å². The minimum Gasteiger partial charge on any atom is -0.346 e. The van der Waals surface area contributed by atoms with Crippen LogP contribution in [0, 0.1) is 0 Å². The van der Waals surface area contributed by atoms with E-state index in [2.05, 4.69) is 4.57 Å². The molecule has 21 heavy (non-hydrogen) atoms. The van der Waals surface area contributed by atoms with E-state index in [4.69, 9.17) is 5.73 Å². The Balaban J connectivity index is 1.86. The highest BCUT2D eigenvalue weighted by molar-refractivity contribution is 7.89. The molecule has 1 aromatic heterocycles. The molecule has 6 heteroatoms. The van der Waals surface area contributed by atoms with Gasteiger partial charge in [0.15, 0.2) is 0 Å². The molecule has 118 valence electrons. The van der Waals surface area contributed by atoms with Crippen molar-refractivity contribution in [2.24, 2.45) is 5.73 Å². The lowest BCUT2D eigenvalue weighted by Gasteiger charge is -2.23. The summed E-state index contributed by atoms with van der Waals surface area (Å²) in [7, 11) is -3.36. The molecule has 0 atom stereocenters. The molecule has 3 rings (SSSR count). The van der Waals surface area contributed by atoms with Gasteiger partial charge in [-0.1, -0.05) is 19.3 Å². The first kappa shape index (κ1) is 15.1. The van der Waals surface area contributed by atoms with Gasteiger partial charge < -0.3 is 10.3 Å². The fourth-order valence-corrected chi connectivity index (χ4v) is 4.67. The summed E-state index contributed by atoms with van der Waals surface area (Å²) in [5.74, 6) is 0. The first-order valence-corrected chi connectivity index (χ1v) is 9.48. The van der Waals surface area contributed by atoms with E-state index < -0.39 is 10.0 Å². The molecule has 0 spiro atoms. The van der Waals surface area contributed by atoms with Crippen LogP contribution in [0.25, 0.3) is 0 Å². The van der Waals surface area contributed by atoms with Crippen LogP contribution in [-0.4, -0.2) is 30.4 Å². The largest absolute Gasteiger partial charge is 0.346 e. The summed E-state index contributed by atoms with van der Waals surface area (Å²) in [5.41, 5.74) is 6.70. The van der Waals surface area contributed by atoms with Crippen molar-refractivity contribution in [2.45, 2.75) is 62.4 Å². The number of hydrogen-bond acceptors (Lipinski definition) is 3.